The van der Waals surface area contributed by atoms with Crippen LogP contribution in [0.4, 0.5) is 0 Å². The zero-order valence-electron chi connectivity index (χ0n) is 16.8. The summed E-state index contributed by atoms with van der Waals surface area (Å²) in [5.74, 6) is -0.0384. The Morgan fingerprint density at radius 3 is 2.32 bits per heavy atom. The molecule has 0 radical (unpaired) electrons. The van der Waals surface area contributed by atoms with Crippen LogP contribution in [0.3, 0.4) is 0 Å². The highest BCUT2D eigenvalue weighted by atomic mass is 35.5. The summed E-state index contributed by atoms with van der Waals surface area (Å²) in [5.41, 5.74) is 3.24. The van der Waals surface area contributed by atoms with E-state index in [9.17, 15) is 4.79 Å². The first-order valence-corrected chi connectivity index (χ1v) is 9.71. The molecule has 1 atom stereocenters. The van der Waals surface area contributed by atoms with E-state index in [1.165, 1.54) is 0 Å². The van der Waals surface area contributed by atoms with Gasteiger partial charge in [0.15, 0.2) is 5.78 Å². The Morgan fingerprint density at radius 1 is 1.11 bits per heavy atom. The fourth-order valence-corrected chi connectivity index (χ4v) is 3.59. The molecule has 3 aromatic rings. The van der Waals surface area contributed by atoms with Crippen LogP contribution in [0, 0.1) is 0 Å². The molecule has 2 nitrogen and oxygen atoms in total. The third-order valence-corrected chi connectivity index (χ3v) is 4.83. The second-order valence-electron chi connectivity index (χ2n) is 7.91. The number of fused-ring (bicyclic) bond motifs is 1. The first kappa shape index (κ1) is 20.3. The van der Waals surface area contributed by atoms with Crippen LogP contribution in [0.1, 0.15) is 44.9 Å². The summed E-state index contributed by atoms with van der Waals surface area (Å²) in [5, 5.41) is 2.82. The van der Waals surface area contributed by atoms with Crippen molar-refractivity contribution >= 4 is 34.2 Å². The minimum absolute atomic E-state index is 0.0384. The molecule has 3 aromatic carbocycles. The summed E-state index contributed by atoms with van der Waals surface area (Å²) >= 11 is 6.12. The van der Waals surface area contributed by atoms with E-state index in [1.807, 2.05) is 57.2 Å². The Hall–Kier alpha value is -2.42. The maximum absolute atomic E-state index is 12.7. The van der Waals surface area contributed by atoms with E-state index in [0.717, 1.165) is 33.0 Å². The van der Waals surface area contributed by atoms with Crippen molar-refractivity contribution in [2.24, 2.45) is 0 Å². The molecule has 0 bridgehead atoms. The van der Waals surface area contributed by atoms with Crippen LogP contribution >= 0.6 is 11.6 Å². The van der Waals surface area contributed by atoms with E-state index >= 15 is 0 Å². The number of carbonyl (C=O) groups is 1. The third kappa shape index (κ3) is 4.19. The van der Waals surface area contributed by atoms with Gasteiger partial charge in [-0.1, -0.05) is 60.7 Å². The van der Waals surface area contributed by atoms with Gasteiger partial charge in [0, 0.05) is 10.6 Å². The van der Waals surface area contributed by atoms with Crippen molar-refractivity contribution in [3.8, 4) is 11.1 Å². The fraction of sp³-hybridized carbons (Fsp3) is 0.240. The summed E-state index contributed by atoms with van der Waals surface area (Å²) in [6.45, 7) is 11.4. The van der Waals surface area contributed by atoms with Crippen molar-refractivity contribution in [3.63, 3.8) is 0 Å². The number of Topliss-reactive ketones (excluding diaryl/α,β-unsaturated/α-hetero) is 1. The average Bonchev–Trinajstić information content (AvgIpc) is 2.64. The number of carbonyl (C=O) groups excluding carboxylic acids is 1. The highest BCUT2D eigenvalue weighted by Gasteiger charge is 2.29. The average molecular weight is 393 g/mol. The predicted octanol–water partition coefficient (Wildman–Crippen LogP) is 7.25. The molecule has 0 amide bonds. The molecule has 0 aromatic heterocycles. The van der Waals surface area contributed by atoms with Crippen LogP contribution in [-0.2, 0) is 9.53 Å². The van der Waals surface area contributed by atoms with E-state index in [4.69, 9.17) is 16.3 Å². The molecule has 0 saturated heterocycles. The highest BCUT2D eigenvalue weighted by Crippen LogP contribution is 2.41. The Labute approximate surface area is 171 Å². The van der Waals surface area contributed by atoms with Gasteiger partial charge in [0.05, 0.1) is 5.60 Å². The molecule has 0 spiro atoms. The Kier molecular flexibility index (Phi) is 5.74. The van der Waals surface area contributed by atoms with Gasteiger partial charge >= 0.3 is 0 Å². The lowest BCUT2D eigenvalue weighted by molar-refractivity contribution is -0.138. The van der Waals surface area contributed by atoms with Crippen molar-refractivity contribution in [2.75, 3.05) is 0 Å². The van der Waals surface area contributed by atoms with Gasteiger partial charge in [-0.2, -0.15) is 0 Å². The van der Waals surface area contributed by atoms with Crippen LogP contribution in [0.2, 0.25) is 5.02 Å². The van der Waals surface area contributed by atoms with Crippen molar-refractivity contribution < 1.29 is 9.53 Å². The molecule has 3 heteroatoms. The number of hydrogen-bond donors (Lipinski definition) is 0. The quantitative estimate of drug-likeness (QED) is 0.457. The summed E-state index contributed by atoms with van der Waals surface area (Å²) in [6.07, 6.45) is 1.10. The summed E-state index contributed by atoms with van der Waals surface area (Å²) in [4.78, 5) is 12.7. The van der Waals surface area contributed by atoms with Crippen LogP contribution in [-0.4, -0.2) is 11.4 Å². The van der Waals surface area contributed by atoms with Gasteiger partial charge in [0.1, 0.15) is 6.10 Å². The zero-order chi connectivity index (χ0) is 20.5. The lowest BCUT2D eigenvalue weighted by Gasteiger charge is -2.29. The maximum Gasteiger partial charge on any atom is 0.163 e. The minimum Gasteiger partial charge on any atom is -0.360 e. The standard InChI is InChI=1S/C25H25ClO2/c1-6-17-15-19-9-7-8-10-21(19)22(18-11-13-20(26)14-12-18)23(17)24(16(2)27)28-25(3,4)5/h6-15,24H,1H2,2-5H3/t24-/m1/s1. The van der Waals surface area contributed by atoms with Gasteiger partial charge < -0.3 is 4.74 Å². The Morgan fingerprint density at radius 2 is 1.75 bits per heavy atom. The molecular weight excluding hydrogens is 368 g/mol. The number of halogens is 1. The fourth-order valence-electron chi connectivity index (χ4n) is 3.46. The number of rotatable bonds is 5. The highest BCUT2D eigenvalue weighted by molar-refractivity contribution is 6.30. The van der Waals surface area contributed by atoms with E-state index in [-0.39, 0.29) is 5.78 Å². The molecule has 0 N–H and O–H groups in total. The molecule has 28 heavy (non-hydrogen) atoms. The van der Waals surface area contributed by atoms with Gasteiger partial charge in [-0.15, -0.1) is 0 Å². The van der Waals surface area contributed by atoms with E-state index in [0.29, 0.717) is 5.02 Å². The van der Waals surface area contributed by atoms with Crippen LogP contribution < -0.4 is 0 Å². The topological polar surface area (TPSA) is 26.3 Å². The first-order chi connectivity index (χ1) is 13.2. The minimum atomic E-state index is -0.691. The maximum atomic E-state index is 12.7. The van der Waals surface area contributed by atoms with Crippen LogP contribution in [0.25, 0.3) is 28.0 Å². The van der Waals surface area contributed by atoms with Gasteiger partial charge in [-0.25, -0.2) is 0 Å². The number of ketones is 1. The molecule has 144 valence electrons. The molecule has 0 aliphatic carbocycles. The molecule has 0 aliphatic heterocycles. The lowest BCUT2D eigenvalue weighted by atomic mass is 9.86. The zero-order valence-corrected chi connectivity index (χ0v) is 17.5. The van der Waals surface area contributed by atoms with Crippen molar-refractivity contribution in [2.45, 2.75) is 39.4 Å². The van der Waals surface area contributed by atoms with Crippen molar-refractivity contribution in [3.05, 3.63) is 77.3 Å². The second kappa shape index (κ2) is 7.90. The Bertz CT molecular complexity index is 1030. The van der Waals surface area contributed by atoms with E-state index in [1.54, 1.807) is 13.0 Å². The molecule has 3 rings (SSSR count). The summed E-state index contributed by atoms with van der Waals surface area (Å²) < 4.78 is 6.24. The van der Waals surface area contributed by atoms with Gasteiger partial charge in [0.25, 0.3) is 0 Å². The van der Waals surface area contributed by atoms with Gasteiger partial charge in [0.2, 0.25) is 0 Å². The normalized spacial score (nSPS) is 12.8. The molecule has 0 saturated carbocycles. The number of ether oxygens (including phenoxy) is 1. The molecule has 0 fully saturated rings. The first-order valence-electron chi connectivity index (χ1n) is 9.33. The molecule has 0 unspecified atom stereocenters. The smallest absolute Gasteiger partial charge is 0.163 e. The van der Waals surface area contributed by atoms with Gasteiger partial charge in [-0.3, -0.25) is 4.79 Å². The number of benzene rings is 3. The summed E-state index contributed by atoms with van der Waals surface area (Å²) in [7, 11) is 0. The molecular formula is C25H25ClO2. The lowest BCUT2D eigenvalue weighted by Crippen LogP contribution is -2.27. The Balaban J connectivity index is 2.42. The van der Waals surface area contributed by atoms with Crippen LogP contribution in [0.5, 0.6) is 0 Å². The number of hydrogen-bond acceptors (Lipinski definition) is 2. The monoisotopic (exact) mass is 392 g/mol. The largest absolute Gasteiger partial charge is 0.360 e. The third-order valence-electron chi connectivity index (χ3n) is 4.58. The molecule has 0 heterocycles. The van der Waals surface area contributed by atoms with Crippen molar-refractivity contribution in [1.82, 2.24) is 0 Å². The van der Waals surface area contributed by atoms with Crippen LogP contribution in [0.15, 0.2) is 61.2 Å². The van der Waals surface area contributed by atoms with E-state index in [2.05, 4.69) is 24.8 Å². The second-order valence-corrected chi connectivity index (χ2v) is 8.34. The van der Waals surface area contributed by atoms with Crippen molar-refractivity contribution in [1.29, 1.82) is 0 Å². The summed E-state index contributed by atoms with van der Waals surface area (Å²) in [6, 6.07) is 17.9. The van der Waals surface area contributed by atoms with E-state index < -0.39 is 11.7 Å². The predicted molar refractivity (Wildman–Crippen MR) is 119 cm³/mol. The molecule has 0 aliphatic rings. The van der Waals surface area contributed by atoms with Gasteiger partial charge in [-0.05, 0) is 73.4 Å². The SMILES string of the molecule is C=Cc1cc2ccccc2c(-c2ccc(Cl)cc2)c1[C@H](OC(C)(C)C)C(C)=O.